The van der Waals surface area contributed by atoms with E-state index in [0.29, 0.717) is 47.1 Å². The Morgan fingerprint density at radius 2 is 1.95 bits per heavy atom. The molecular weight excluding hydrogens is 486 g/mol. The topological polar surface area (TPSA) is 78.2 Å². The van der Waals surface area contributed by atoms with Crippen LogP contribution < -0.4 is 9.64 Å². The highest BCUT2D eigenvalue weighted by atomic mass is 19.1. The van der Waals surface area contributed by atoms with Gasteiger partial charge in [0.05, 0.1) is 22.6 Å². The molecule has 2 unspecified atom stereocenters. The zero-order chi connectivity index (χ0) is 25.9. The summed E-state index contributed by atoms with van der Waals surface area (Å²) in [6, 6.07) is 9.09. The average molecular weight is 517 g/mol. The first-order valence-electron chi connectivity index (χ1n) is 13.7. The lowest BCUT2D eigenvalue weighted by atomic mass is 9.95. The molecule has 1 aromatic carbocycles. The number of hydrogen-bond donors (Lipinski definition) is 0. The number of fused-ring (bicyclic) bond motifs is 4. The molecule has 2 aromatic heterocycles. The van der Waals surface area contributed by atoms with Crippen LogP contribution in [0.25, 0.3) is 22.2 Å². The van der Waals surface area contributed by atoms with E-state index in [0.717, 1.165) is 32.5 Å². The van der Waals surface area contributed by atoms with Gasteiger partial charge in [0.15, 0.2) is 5.82 Å². The second kappa shape index (κ2) is 9.12. The Balaban J connectivity index is 1.31. The molecule has 0 spiro atoms. The van der Waals surface area contributed by atoms with Crippen LogP contribution in [-0.2, 0) is 0 Å². The molecule has 4 atom stereocenters. The van der Waals surface area contributed by atoms with E-state index in [1.807, 2.05) is 0 Å². The fraction of sp³-hybridized carbons (Fsp3) is 0.517. The van der Waals surface area contributed by atoms with Crippen LogP contribution in [-0.4, -0.2) is 64.3 Å². The van der Waals surface area contributed by atoms with Crippen molar-refractivity contribution in [2.45, 2.75) is 50.2 Å². The standard InChI is InChI=1S/C29H30F2N6O/c30-21-11-29(8-3-9-37(29)16-21)17-38-28-34-26-23(27(35-28)36-14-18-6-7-19(10-18)15-36)13-33-25(24(26)31)22-5-2-1-4-20(22)12-32/h1-2,4-5,13,18-19,21H,3,6-11,14-17H2/t18?,19?,21-,29+/m1/s1. The van der Waals surface area contributed by atoms with Gasteiger partial charge in [0.1, 0.15) is 29.8 Å². The monoisotopic (exact) mass is 516 g/mol. The van der Waals surface area contributed by atoms with Crippen LogP contribution in [0.1, 0.15) is 44.1 Å². The van der Waals surface area contributed by atoms with Crippen molar-refractivity contribution < 1.29 is 13.5 Å². The van der Waals surface area contributed by atoms with Crippen LogP contribution in [0.5, 0.6) is 6.01 Å². The van der Waals surface area contributed by atoms with Crippen LogP contribution in [0.15, 0.2) is 30.5 Å². The van der Waals surface area contributed by atoms with E-state index in [1.54, 1.807) is 30.5 Å². The third kappa shape index (κ3) is 3.89. The minimum absolute atomic E-state index is 0.0839. The number of nitriles is 1. The van der Waals surface area contributed by atoms with Crippen molar-refractivity contribution in [3.8, 4) is 23.3 Å². The summed E-state index contributed by atoms with van der Waals surface area (Å²) in [6.07, 6.45) is 6.73. The van der Waals surface area contributed by atoms with Gasteiger partial charge in [-0.1, -0.05) is 18.2 Å². The molecule has 9 heteroatoms. The van der Waals surface area contributed by atoms with Gasteiger partial charge in [-0.3, -0.25) is 9.88 Å². The number of aromatic nitrogens is 3. The van der Waals surface area contributed by atoms with Crippen LogP contribution in [0.2, 0.25) is 0 Å². The number of hydrogen-bond acceptors (Lipinski definition) is 7. The van der Waals surface area contributed by atoms with Crippen molar-refractivity contribution >= 4 is 16.7 Å². The van der Waals surface area contributed by atoms with Crippen molar-refractivity contribution in [3.63, 3.8) is 0 Å². The Hall–Kier alpha value is -3.38. The highest BCUT2D eigenvalue weighted by Crippen LogP contribution is 2.42. The molecule has 0 amide bonds. The fourth-order valence-electron chi connectivity index (χ4n) is 7.33. The lowest BCUT2D eigenvalue weighted by Gasteiger charge is -2.34. The lowest BCUT2D eigenvalue weighted by Crippen LogP contribution is -2.43. The average Bonchev–Trinajstić information content (AvgIpc) is 3.58. The van der Waals surface area contributed by atoms with Gasteiger partial charge in [-0.05, 0) is 56.6 Å². The molecule has 3 saturated heterocycles. The minimum Gasteiger partial charge on any atom is -0.461 e. The molecule has 7 nitrogen and oxygen atoms in total. The van der Waals surface area contributed by atoms with Crippen molar-refractivity contribution in [3.05, 3.63) is 41.8 Å². The van der Waals surface area contributed by atoms with E-state index in [2.05, 4.69) is 25.8 Å². The largest absolute Gasteiger partial charge is 0.461 e. The number of benzene rings is 1. The third-order valence-corrected chi connectivity index (χ3v) is 9.08. The molecule has 196 valence electrons. The van der Waals surface area contributed by atoms with Gasteiger partial charge in [0.2, 0.25) is 0 Å². The SMILES string of the molecule is N#Cc1ccccc1-c1ncc2c(N3CC4CCC(C4)C3)nc(OC[C@@]34CCCN3C[C@H](F)C4)nc2c1F. The highest BCUT2D eigenvalue weighted by Gasteiger charge is 2.49. The maximum Gasteiger partial charge on any atom is 0.319 e. The first-order valence-corrected chi connectivity index (χ1v) is 13.7. The van der Waals surface area contributed by atoms with Gasteiger partial charge in [-0.15, -0.1) is 0 Å². The molecule has 0 radical (unpaired) electrons. The molecule has 2 bridgehead atoms. The van der Waals surface area contributed by atoms with Crippen LogP contribution in [0.4, 0.5) is 14.6 Å². The Morgan fingerprint density at radius 1 is 1.13 bits per heavy atom. The second-order valence-electron chi connectivity index (χ2n) is 11.5. The molecule has 1 saturated carbocycles. The number of anilines is 1. The van der Waals surface area contributed by atoms with E-state index in [9.17, 15) is 9.65 Å². The fourth-order valence-corrected chi connectivity index (χ4v) is 7.33. The van der Waals surface area contributed by atoms with Gasteiger partial charge < -0.3 is 9.64 Å². The van der Waals surface area contributed by atoms with Gasteiger partial charge >= 0.3 is 6.01 Å². The first-order chi connectivity index (χ1) is 18.5. The first kappa shape index (κ1) is 23.7. The number of nitrogens with zero attached hydrogens (tertiary/aromatic N) is 6. The Kier molecular flexibility index (Phi) is 5.69. The number of rotatable bonds is 5. The Labute approximate surface area is 220 Å². The molecular formula is C29H30F2N6O. The Morgan fingerprint density at radius 3 is 2.76 bits per heavy atom. The molecule has 5 heterocycles. The summed E-state index contributed by atoms with van der Waals surface area (Å²) in [5, 5.41) is 10.1. The number of piperidine rings is 1. The molecule has 4 aliphatic rings. The predicted octanol–water partition coefficient (Wildman–Crippen LogP) is 4.89. The summed E-state index contributed by atoms with van der Waals surface area (Å²) in [4.78, 5) is 18.2. The van der Waals surface area contributed by atoms with E-state index < -0.39 is 12.0 Å². The molecule has 3 aliphatic heterocycles. The van der Waals surface area contributed by atoms with Gasteiger partial charge in [0.25, 0.3) is 0 Å². The van der Waals surface area contributed by atoms with Crippen LogP contribution in [0, 0.1) is 29.0 Å². The van der Waals surface area contributed by atoms with Crippen LogP contribution >= 0.6 is 0 Å². The molecule has 7 rings (SSSR count). The number of ether oxygens (including phenoxy) is 1. The van der Waals surface area contributed by atoms with Gasteiger partial charge in [0, 0.05) is 37.8 Å². The zero-order valence-corrected chi connectivity index (χ0v) is 21.2. The normalized spacial score (nSPS) is 28.6. The van der Waals surface area contributed by atoms with Crippen molar-refractivity contribution in [1.82, 2.24) is 19.9 Å². The van der Waals surface area contributed by atoms with E-state index in [4.69, 9.17) is 9.72 Å². The summed E-state index contributed by atoms with van der Waals surface area (Å²) < 4.78 is 36.7. The van der Waals surface area contributed by atoms with E-state index in [1.165, 1.54) is 19.3 Å². The summed E-state index contributed by atoms with van der Waals surface area (Å²) in [6.45, 7) is 3.31. The van der Waals surface area contributed by atoms with Crippen molar-refractivity contribution in [1.29, 1.82) is 5.26 Å². The Bertz CT molecular complexity index is 1430. The zero-order valence-electron chi connectivity index (χ0n) is 21.2. The number of alkyl halides is 1. The smallest absolute Gasteiger partial charge is 0.319 e. The number of pyridine rings is 1. The molecule has 1 aliphatic carbocycles. The van der Waals surface area contributed by atoms with E-state index >= 15 is 4.39 Å². The van der Waals surface area contributed by atoms with Gasteiger partial charge in [-0.2, -0.15) is 15.2 Å². The second-order valence-corrected chi connectivity index (χ2v) is 11.5. The van der Waals surface area contributed by atoms with Crippen molar-refractivity contribution in [2.24, 2.45) is 11.8 Å². The summed E-state index contributed by atoms with van der Waals surface area (Å²) in [7, 11) is 0. The number of halogens is 2. The summed E-state index contributed by atoms with van der Waals surface area (Å²) in [5.41, 5.74) is 0.639. The molecule has 3 aromatic rings. The van der Waals surface area contributed by atoms with Crippen LogP contribution in [0.3, 0.4) is 0 Å². The third-order valence-electron chi connectivity index (χ3n) is 9.08. The predicted molar refractivity (Wildman–Crippen MR) is 139 cm³/mol. The van der Waals surface area contributed by atoms with Crippen molar-refractivity contribution in [2.75, 3.05) is 37.7 Å². The quantitative estimate of drug-likeness (QED) is 0.478. The minimum atomic E-state index is -0.859. The van der Waals surface area contributed by atoms with Gasteiger partial charge in [-0.25, -0.2) is 8.78 Å². The maximum atomic E-state index is 16.2. The highest BCUT2D eigenvalue weighted by molar-refractivity contribution is 5.92. The summed E-state index contributed by atoms with van der Waals surface area (Å²) in [5.74, 6) is 1.26. The molecule has 4 fully saturated rings. The maximum absolute atomic E-state index is 16.2. The van der Waals surface area contributed by atoms with E-state index in [-0.39, 0.29) is 29.4 Å². The summed E-state index contributed by atoms with van der Waals surface area (Å²) >= 11 is 0. The molecule has 0 N–H and O–H groups in total. The lowest BCUT2D eigenvalue weighted by molar-refractivity contribution is 0.107. The molecule has 38 heavy (non-hydrogen) atoms.